The molecule has 34 heavy (non-hydrogen) atoms. The number of aromatic amines is 1. The fraction of sp³-hybridized carbons (Fsp3) is 0.125. The number of carbonyl (C=O) groups is 1. The number of thioether (sulfide) groups is 1. The topological polar surface area (TPSA) is 113 Å². The number of hydrogen-bond acceptors (Lipinski definition) is 7. The molecule has 0 aliphatic heterocycles. The van der Waals surface area contributed by atoms with Gasteiger partial charge in [0.15, 0.2) is 11.0 Å². The lowest BCUT2D eigenvalue weighted by atomic mass is 10.2. The second-order valence-corrected chi connectivity index (χ2v) is 8.53. The highest BCUT2D eigenvalue weighted by atomic mass is 32.2. The van der Waals surface area contributed by atoms with Gasteiger partial charge in [-0.1, -0.05) is 23.9 Å². The summed E-state index contributed by atoms with van der Waals surface area (Å²) < 4.78 is 1.97. The molecule has 0 unspecified atom stereocenters. The van der Waals surface area contributed by atoms with Crippen molar-refractivity contribution in [3.63, 3.8) is 0 Å². The van der Waals surface area contributed by atoms with Crippen LogP contribution < -0.4 is 10.6 Å². The maximum atomic E-state index is 12.7. The van der Waals surface area contributed by atoms with E-state index in [-0.39, 0.29) is 11.7 Å². The van der Waals surface area contributed by atoms with Crippen molar-refractivity contribution in [2.24, 2.45) is 0 Å². The Kier molecular flexibility index (Phi) is 6.32. The monoisotopic (exact) mass is 470 g/mol. The van der Waals surface area contributed by atoms with Gasteiger partial charge in [0.05, 0.1) is 17.5 Å². The zero-order valence-electron chi connectivity index (χ0n) is 18.4. The molecule has 5 aromatic rings. The summed E-state index contributed by atoms with van der Waals surface area (Å²) in [6.45, 7) is 0.784. The molecule has 170 valence electrons. The first kappa shape index (κ1) is 21.8. The van der Waals surface area contributed by atoms with Crippen molar-refractivity contribution < 1.29 is 4.79 Å². The molecule has 0 saturated carbocycles. The van der Waals surface area contributed by atoms with Crippen molar-refractivity contribution >= 4 is 34.3 Å². The highest BCUT2D eigenvalue weighted by molar-refractivity contribution is 7.99. The van der Waals surface area contributed by atoms with Crippen LogP contribution in [-0.2, 0) is 11.3 Å². The number of pyridine rings is 1. The van der Waals surface area contributed by atoms with E-state index in [1.807, 2.05) is 54.1 Å². The minimum absolute atomic E-state index is 0.131. The molecule has 5 rings (SSSR count). The summed E-state index contributed by atoms with van der Waals surface area (Å²) in [5.74, 6) is 0.748. The number of hydrogen-bond donors (Lipinski definition) is 3. The normalized spacial score (nSPS) is 11.1. The Morgan fingerprint density at radius 2 is 1.88 bits per heavy atom. The molecule has 0 aliphatic carbocycles. The molecule has 9 nitrogen and oxygen atoms in total. The van der Waals surface area contributed by atoms with E-state index in [0.717, 1.165) is 28.7 Å². The highest BCUT2D eigenvalue weighted by Crippen LogP contribution is 2.28. The number of benzene rings is 2. The summed E-state index contributed by atoms with van der Waals surface area (Å²) >= 11 is 1.33. The minimum Gasteiger partial charge on any atom is -0.325 e. The number of carbonyl (C=O) groups excluding carboxylic acids is 1. The maximum absolute atomic E-state index is 12.7. The summed E-state index contributed by atoms with van der Waals surface area (Å²) in [7, 11) is 1.92. The lowest BCUT2D eigenvalue weighted by molar-refractivity contribution is -0.113. The summed E-state index contributed by atoms with van der Waals surface area (Å²) in [4.78, 5) is 16.8. The molecular formula is C24H22N8OS. The predicted octanol–water partition coefficient (Wildman–Crippen LogP) is 3.66. The van der Waals surface area contributed by atoms with Crippen LogP contribution in [0, 0.1) is 0 Å². The third kappa shape index (κ3) is 4.68. The van der Waals surface area contributed by atoms with E-state index < -0.39 is 0 Å². The van der Waals surface area contributed by atoms with Crippen molar-refractivity contribution in [1.29, 1.82) is 0 Å². The number of nitrogens with zero attached hydrogens (tertiary/aromatic N) is 5. The average molecular weight is 471 g/mol. The molecule has 2 aromatic carbocycles. The van der Waals surface area contributed by atoms with E-state index in [0.29, 0.717) is 16.7 Å². The van der Waals surface area contributed by atoms with Crippen molar-refractivity contribution in [2.75, 3.05) is 18.1 Å². The van der Waals surface area contributed by atoms with Crippen molar-refractivity contribution in [3.05, 3.63) is 78.8 Å². The Morgan fingerprint density at radius 1 is 1.06 bits per heavy atom. The molecule has 0 spiro atoms. The maximum Gasteiger partial charge on any atom is 0.234 e. The van der Waals surface area contributed by atoms with Gasteiger partial charge in [0.2, 0.25) is 5.91 Å². The molecule has 0 aliphatic rings. The predicted molar refractivity (Wildman–Crippen MR) is 133 cm³/mol. The van der Waals surface area contributed by atoms with E-state index in [4.69, 9.17) is 0 Å². The molecule has 10 heteroatoms. The summed E-state index contributed by atoms with van der Waals surface area (Å²) in [6, 6.07) is 17.6. The van der Waals surface area contributed by atoms with Crippen LogP contribution in [0.15, 0.2) is 78.3 Å². The first-order valence-electron chi connectivity index (χ1n) is 10.7. The molecule has 0 radical (unpaired) electrons. The van der Waals surface area contributed by atoms with Crippen LogP contribution in [-0.4, -0.2) is 48.7 Å². The molecule has 1 amide bonds. The standard InChI is InChI=1S/C24H22N8OS/c1-25-13-16-2-6-20(7-3-16)32-23(17-8-10-26-11-9-17)30-31-24(32)34-15-22(33)28-19-5-4-18-14-27-29-21(18)12-19/h2-12,14,25H,13,15H2,1H3,(H,27,29)(H,28,33). The molecule has 0 atom stereocenters. The van der Waals surface area contributed by atoms with E-state index in [1.165, 1.54) is 17.3 Å². The van der Waals surface area contributed by atoms with Gasteiger partial charge in [-0.25, -0.2) is 0 Å². The third-order valence-electron chi connectivity index (χ3n) is 5.21. The van der Waals surface area contributed by atoms with Crippen LogP contribution >= 0.6 is 11.8 Å². The molecule has 3 N–H and O–H groups in total. The summed E-state index contributed by atoms with van der Waals surface area (Å²) in [5, 5.41) is 23.4. The molecular weight excluding hydrogens is 448 g/mol. The number of amides is 1. The number of rotatable bonds is 8. The Morgan fingerprint density at radius 3 is 2.68 bits per heavy atom. The quantitative estimate of drug-likeness (QED) is 0.297. The highest BCUT2D eigenvalue weighted by Gasteiger charge is 2.17. The van der Waals surface area contributed by atoms with Gasteiger partial charge in [-0.2, -0.15) is 5.10 Å². The third-order valence-corrected chi connectivity index (χ3v) is 6.13. The molecule has 3 aromatic heterocycles. The van der Waals surface area contributed by atoms with E-state index >= 15 is 0 Å². The Balaban J connectivity index is 1.38. The Bertz CT molecular complexity index is 1410. The summed E-state index contributed by atoms with van der Waals surface area (Å²) in [5.41, 5.74) is 4.57. The fourth-order valence-electron chi connectivity index (χ4n) is 3.59. The van der Waals surface area contributed by atoms with E-state index in [2.05, 4.69) is 48.1 Å². The van der Waals surface area contributed by atoms with Crippen LogP contribution in [0.5, 0.6) is 0 Å². The molecule has 0 saturated heterocycles. The summed E-state index contributed by atoms with van der Waals surface area (Å²) in [6.07, 6.45) is 5.19. The minimum atomic E-state index is -0.131. The molecule has 3 heterocycles. The number of fused-ring (bicyclic) bond motifs is 1. The first-order chi connectivity index (χ1) is 16.7. The van der Waals surface area contributed by atoms with Gasteiger partial charge >= 0.3 is 0 Å². The molecule has 0 fully saturated rings. The van der Waals surface area contributed by atoms with Crippen molar-refractivity contribution in [1.82, 2.24) is 35.3 Å². The van der Waals surface area contributed by atoms with Gasteiger partial charge in [0.25, 0.3) is 0 Å². The number of nitrogens with one attached hydrogen (secondary N) is 3. The van der Waals surface area contributed by atoms with Crippen LogP contribution in [0.4, 0.5) is 5.69 Å². The second kappa shape index (κ2) is 9.86. The fourth-order valence-corrected chi connectivity index (χ4v) is 4.34. The van der Waals surface area contributed by atoms with Crippen LogP contribution in [0.3, 0.4) is 0 Å². The van der Waals surface area contributed by atoms with Gasteiger partial charge in [-0.05, 0) is 55.1 Å². The van der Waals surface area contributed by atoms with E-state index in [1.54, 1.807) is 18.6 Å². The average Bonchev–Trinajstić information content (AvgIpc) is 3.51. The second-order valence-electron chi connectivity index (χ2n) is 7.58. The van der Waals surface area contributed by atoms with E-state index in [9.17, 15) is 4.79 Å². The number of anilines is 1. The number of H-pyrrole nitrogens is 1. The van der Waals surface area contributed by atoms with Crippen LogP contribution in [0.2, 0.25) is 0 Å². The lowest BCUT2D eigenvalue weighted by Gasteiger charge is -2.11. The van der Waals surface area contributed by atoms with Gasteiger partial charge in [-0.15, -0.1) is 10.2 Å². The first-order valence-corrected chi connectivity index (χ1v) is 11.7. The van der Waals surface area contributed by atoms with Gasteiger partial charge in [0, 0.05) is 41.3 Å². The smallest absolute Gasteiger partial charge is 0.234 e. The largest absolute Gasteiger partial charge is 0.325 e. The SMILES string of the molecule is CNCc1ccc(-n2c(SCC(=O)Nc3ccc4cn[nH]c4c3)nnc2-c2ccncc2)cc1. The van der Waals surface area contributed by atoms with Crippen molar-refractivity contribution in [2.45, 2.75) is 11.7 Å². The van der Waals surface area contributed by atoms with Gasteiger partial charge in [-0.3, -0.25) is 19.4 Å². The number of aromatic nitrogens is 6. The van der Waals surface area contributed by atoms with Crippen LogP contribution in [0.25, 0.3) is 28.0 Å². The zero-order chi connectivity index (χ0) is 23.3. The van der Waals surface area contributed by atoms with Gasteiger partial charge < -0.3 is 10.6 Å². The molecule has 0 bridgehead atoms. The van der Waals surface area contributed by atoms with Gasteiger partial charge in [0.1, 0.15) is 0 Å². The Labute approximate surface area is 200 Å². The van der Waals surface area contributed by atoms with Crippen molar-refractivity contribution in [3.8, 4) is 17.1 Å². The Hall–Kier alpha value is -4.02. The zero-order valence-corrected chi connectivity index (χ0v) is 19.2. The lowest BCUT2D eigenvalue weighted by Crippen LogP contribution is -2.14. The van der Waals surface area contributed by atoms with Crippen LogP contribution in [0.1, 0.15) is 5.56 Å².